The molecule has 1 heterocycles. The van der Waals surface area contributed by atoms with E-state index < -0.39 is 0 Å². The molecular weight excluding hydrogens is 314 g/mol. The van der Waals surface area contributed by atoms with Gasteiger partial charge in [0, 0.05) is 6.54 Å². The molecule has 0 bridgehead atoms. The topological polar surface area (TPSA) is 72.7 Å². The van der Waals surface area contributed by atoms with Gasteiger partial charge in [0.05, 0.1) is 16.3 Å². The Morgan fingerprint density at radius 2 is 2.09 bits per heavy atom. The number of tetrazole rings is 1. The predicted molar refractivity (Wildman–Crippen MR) is 86.5 cm³/mol. The van der Waals surface area contributed by atoms with E-state index in [0.29, 0.717) is 22.8 Å². The van der Waals surface area contributed by atoms with Crippen molar-refractivity contribution in [2.45, 2.75) is 13.5 Å². The van der Waals surface area contributed by atoms with Gasteiger partial charge in [-0.15, -0.1) is 5.10 Å². The van der Waals surface area contributed by atoms with Crippen LogP contribution in [0.15, 0.2) is 48.8 Å². The first-order valence-corrected chi connectivity index (χ1v) is 7.38. The standard InChI is InChI=1S/C16H14ClN5O/c1-11-4-2-3-5-12(11)9-18-16(23)14-7-6-13(8-15(14)17)22-10-19-20-21-22/h2-8,10H,9H2,1H3,(H,18,23). The summed E-state index contributed by atoms with van der Waals surface area (Å²) in [5, 5.41) is 14.1. The summed E-state index contributed by atoms with van der Waals surface area (Å²) < 4.78 is 1.47. The van der Waals surface area contributed by atoms with Crippen LogP contribution in [0.2, 0.25) is 5.02 Å². The highest BCUT2D eigenvalue weighted by atomic mass is 35.5. The van der Waals surface area contributed by atoms with Crippen LogP contribution < -0.4 is 5.32 Å². The second-order valence-electron chi connectivity index (χ2n) is 5.03. The van der Waals surface area contributed by atoms with Gasteiger partial charge < -0.3 is 5.32 Å². The summed E-state index contributed by atoms with van der Waals surface area (Å²) in [4.78, 5) is 12.3. The molecule has 0 saturated carbocycles. The van der Waals surface area contributed by atoms with E-state index in [1.54, 1.807) is 18.2 Å². The maximum atomic E-state index is 12.3. The Labute approximate surface area is 138 Å². The van der Waals surface area contributed by atoms with Crippen molar-refractivity contribution < 1.29 is 4.79 Å². The first-order valence-electron chi connectivity index (χ1n) is 7.01. The number of aryl methyl sites for hydroxylation is 1. The number of benzene rings is 2. The Balaban J connectivity index is 1.74. The predicted octanol–water partition coefficient (Wildman–Crippen LogP) is 2.55. The molecule has 0 unspecified atom stereocenters. The molecule has 0 fully saturated rings. The quantitative estimate of drug-likeness (QED) is 0.799. The molecule has 0 aliphatic rings. The molecule has 116 valence electrons. The van der Waals surface area contributed by atoms with Crippen LogP contribution in [0.5, 0.6) is 0 Å². The number of amides is 1. The minimum absolute atomic E-state index is 0.221. The molecule has 3 aromatic rings. The monoisotopic (exact) mass is 327 g/mol. The molecule has 0 saturated heterocycles. The maximum absolute atomic E-state index is 12.3. The highest BCUT2D eigenvalue weighted by Gasteiger charge is 2.12. The van der Waals surface area contributed by atoms with Crippen LogP contribution in [0, 0.1) is 6.92 Å². The lowest BCUT2D eigenvalue weighted by molar-refractivity contribution is 0.0951. The van der Waals surface area contributed by atoms with Crippen LogP contribution in [-0.2, 0) is 6.54 Å². The van der Waals surface area contributed by atoms with E-state index in [-0.39, 0.29) is 5.91 Å². The minimum atomic E-state index is -0.221. The number of nitrogens with one attached hydrogen (secondary N) is 1. The lowest BCUT2D eigenvalue weighted by Gasteiger charge is -2.10. The van der Waals surface area contributed by atoms with Gasteiger partial charge >= 0.3 is 0 Å². The normalized spacial score (nSPS) is 10.5. The van der Waals surface area contributed by atoms with Gasteiger partial charge in [-0.05, 0) is 46.7 Å². The second kappa shape index (κ2) is 6.58. The number of aromatic nitrogens is 4. The summed E-state index contributed by atoms with van der Waals surface area (Å²) in [6.45, 7) is 2.46. The van der Waals surface area contributed by atoms with Crippen molar-refractivity contribution in [1.82, 2.24) is 25.5 Å². The molecular formula is C16H14ClN5O. The van der Waals surface area contributed by atoms with Crippen LogP contribution >= 0.6 is 11.6 Å². The van der Waals surface area contributed by atoms with Gasteiger partial charge in [0.2, 0.25) is 0 Å². The second-order valence-corrected chi connectivity index (χ2v) is 5.43. The lowest BCUT2D eigenvalue weighted by atomic mass is 10.1. The molecule has 2 aromatic carbocycles. The molecule has 0 radical (unpaired) electrons. The van der Waals surface area contributed by atoms with E-state index in [1.165, 1.54) is 11.0 Å². The van der Waals surface area contributed by atoms with Crippen molar-refractivity contribution >= 4 is 17.5 Å². The number of hydrogen-bond acceptors (Lipinski definition) is 4. The SMILES string of the molecule is Cc1ccccc1CNC(=O)c1ccc(-n2cnnn2)cc1Cl. The van der Waals surface area contributed by atoms with Crippen molar-refractivity contribution in [3.8, 4) is 5.69 Å². The fourth-order valence-electron chi connectivity index (χ4n) is 2.19. The summed E-state index contributed by atoms with van der Waals surface area (Å²) in [5.74, 6) is -0.221. The largest absolute Gasteiger partial charge is 0.348 e. The zero-order chi connectivity index (χ0) is 16.2. The number of carbonyl (C=O) groups is 1. The molecule has 1 aromatic heterocycles. The molecule has 0 aliphatic heterocycles. The van der Waals surface area contributed by atoms with Crippen molar-refractivity contribution in [3.63, 3.8) is 0 Å². The third-order valence-electron chi connectivity index (χ3n) is 3.51. The van der Waals surface area contributed by atoms with Gasteiger partial charge in [0.15, 0.2) is 0 Å². The van der Waals surface area contributed by atoms with Gasteiger partial charge in [-0.2, -0.15) is 0 Å². The molecule has 0 aliphatic carbocycles. The van der Waals surface area contributed by atoms with Crippen LogP contribution in [0.3, 0.4) is 0 Å². The highest BCUT2D eigenvalue weighted by Crippen LogP contribution is 2.20. The number of nitrogens with zero attached hydrogens (tertiary/aromatic N) is 4. The van der Waals surface area contributed by atoms with E-state index in [9.17, 15) is 4.79 Å². The van der Waals surface area contributed by atoms with Gasteiger partial charge in [0.1, 0.15) is 6.33 Å². The maximum Gasteiger partial charge on any atom is 0.253 e. The van der Waals surface area contributed by atoms with Crippen LogP contribution in [0.25, 0.3) is 5.69 Å². The van der Waals surface area contributed by atoms with Gasteiger partial charge in [-0.25, -0.2) is 4.68 Å². The summed E-state index contributed by atoms with van der Waals surface area (Å²) in [6.07, 6.45) is 1.46. The number of halogens is 1. The Kier molecular flexibility index (Phi) is 4.34. The Morgan fingerprint density at radius 3 is 2.78 bits per heavy atom. The Hall–Kier alpha value is -2.73. The van der Waals surface area contributed by atoms with E-state index in [4.69, 9.17) is 11.6 Å². The van der Waals surface area contributed by atoms with Gasteiger partial charge in [-0.3, -0.25) is 4.79 Å². The molecule has 0 atom stereocenters. The number of rotatable bonds is 4. The fourth-order valence-corrected chi connectivity index (χ4v) is 2.45. The third kappa shape index (κ3) is 3.37. The molecule has 7 heteroatoms. The molecule has 3 rings (SSSR count). The molecule has 6 nitrogen and oxygen atoms in total. The lowest BCUT2D eigenvalue weighted by Crippen LogP contribution is -2.23. The van der Waals surface area contributed by atoms with E-state index >= 15 is 0 Å². The Bertz CT molecular complexity index is 832. The minimum Gasteiger partial charge on any atom is -0.348 e. The first kappa shape index (κ1) is 15.2. The van der Waals surface area contributed by atoms with Crippen LogP contribution in [0.1, 0.15) is 21.5 Å². The van der Waals surface area contributed by atoms with Crippen LogP contribution in [0.4, 0.5) is 0 Å². The number of carbonyl (C=O) groups excluding carboxylic acids is 1. The number of hydrogen-bond donors (Lipinski definition) is 1. The summed E-state index contributed by atoms with van der Waals surface area (Å²) >= 11 is 6.21. The smallest absolute Gasteiger partial charge is 0.253 e. The van der Waals surface area contributed by atoms with E-state index in [2.05, 4.69) is 20.8 Å². The average Bonchev–Trinajstić information content (AvgIpc) is 3.08. The van der Waals surface area contributed by atoms with E-state index in [0.717, 1.165) is 11.1 Å². The fraction of sp³-hybridized carbons (Fsp3) is 0.125. The van der Waals surface area contributed by atoms with Crippen molar-refractivity contribution in [2.75, 3.05) is 0 Å². The molecule has 0 spiro atoms. The zero-order valence-corrected chi connectivity index (χ0v) is 13.2. The van der Waals surface area contributed by atoms with Crippen LogP contribution in [-0.4, -0.2) is 26.1 Å². The average molecular weight is 328 g/mol. The zero-order valence-electron chi connectivity index (χ0n) is 12.4. The Morgan fingerprint density at radius 1 is 1.26 bits per heavy atom. The van der Waals surface area contributed by atoms with Crippen molar-refractivity contribution in [1.29, 1.82) is 0 Å². The summed E-state index contributed by atoms with van der Waals surface area (Å²) in [6, 6.07) is 13.0. The summed E-state index contributed by atoms with van der Waals surface area (Å²) in [5.41, 5.74) is 3.31. The van der Waals surface area contributed by atoms with E-state index in [1.807, 2.05) is 31.2 Å². The van der Waals surface area contributed by atoms with Gasteiger partial charge in [-0.1, -0.05) is 35.9 Å². The highest BCUT2D eigenvalue weighted by molar-refractivity contribution is 6.34. The third-order valence-corrected chi connectivity index (χ3v) is 3.82. The van der Waals surface area contributed by atoms with Gasteiger partial charge in [0.25, 0.3) is 5.91 Å². The molecule has 1 N–H and O–H groups in total. The molecule has 1 amide bonds. The summed E-state index contributed by atoms with van der Waals surface area (Å²) in [7, 11) is 0. The first-order chi connectivity index (χ1) is 11.1. The van der Waals surface area contributed by atoms with Crippen molar-refractivity contribution in [2.24, 2.45) is 0 Å². The van der Waals surface area contributed by atoms with Crippen molar-refractivity contribution in [3.05, 3.63) is 70.5 Å². The molecule has 23 heavy (non-hydrogen) atoms.